The van der Waals surface area contributed by atoms with Crippen molar-refractivity contribution in [1.29, 1.82) is 0 Å². The molecule has 2 rings (SSSR count). The number of nitro groups is 1. The molecule has 0 aliphatic carbocycles. The molecule has 108 valence electrons. The van der Waals surface area contributed by atoms with Gasteiger partial charge in [-0.25, -0.2) is 9.78 Å². The highest BCUT2D eigenvalue weighted by atomic mass is 16.6. The number of carbonyl (C=O) groups excluding carboxylic acids is 1. The summed E-state index contributed by atoms with van der Waals surface area (Å²) >= 11 is 0. The van der Waals surface area contributed by atoms with E-state index in [0.29, 0.717) is 16.9 Å². The van der Waals surface area contributed by atoms with Crippen molar-refractivity contribution in [2.45, 2.75) is 6.92 Å². The van der Waals surface area contributed by atoms with E-state index in [1.165, 1.54) is 43.6 Å². The molecule has 7 nitrogen and oxygen atoms in total. The van der Waals surface area contributed by atoms with Gasteiger partial charge in [0.15, 0.2) is 0 Å². The minimum absolute atomic E-state index is 0.0918. The van der Waals surface area contributed by atoms with Crippen molar-refractivity contribution in [2.75, 3.05) is 7.11 Å². The van der Waals surface area contributed by atoms with E-state index in [1.807, 2.05) is 0 Å². The first-order valence-corrected chi connectivity index (χ1v) is 5.99. The number of methoxy groups -OCH3 is 1. The van der Waals surface area contributed by atoms with Crippen molar-refractivity contribution in [3.8, 4) is 11.6 Å². The van der Waals surface area contributed by atoms with Crippen LogP contribution in [0.15, 0.2) is 36.5 Å². The number of ether oxygens (including phenoxy) is 2. The second kappa shape index (κ2) is 6.00. The van der Waals surface area contributed by atoms with Crippen LogP contribution in [0.25, 0.3) is 0 Å². The Balaban J connectivity index is 2.29. The zero-order chi connectivity index (χ0) is 15.4. The largest absolute Gasteiger partial charge is 0.465 e. The number of rotatable bonds is 4. The van der Waals surface area contributed by atoms with Crippen LogP contribution in [0.5, 0.6) is 11.6 Å². The highest BCUT2D eigenvalue weighted by Gasteiger charge is 2.20. The molecular formula is C14H12N2O5. The highest BCUT2D eigenvalue weighted by molar-refractivity contribution is 5.89. The molecule has 0 atom stereocenters. The molecule has 0 aliphatic rings. The zero-order valence-corrected chi connectivity index (χ0v) is 11.4. The van der Waals surface area contributed by atoms with Gasteiger partial charge in [-0.2, -0.15) is 0 Å². The first-order chi connectivity index (χ1) is 10.0. The fourth-order valence-electron chi connectivity index (χ4n) is 1.71. The van der Waals surface area contributed by atoms with E-state index in [0.717, 1.165) is 0 Å². The van der Waals surface area contributed by atoms with Gasteiger partial charge in [-0.1, -0.05) is 0 Å². The number of aromatic nitrogens is 1. The molecule has 2 aromatic rings. The summed E-state index contributed by atoms with van der Waals surface area (Å²) in [5, 5.41) is 11.0. The molecule has 0 N–H and O–H groups in total. The summed E-state index contributed by atoms with van der Waals surface area (Å²) < 4.78 is 9.99. The molecule has 0 amide bonds. The Bertz CT molecular complexity index is 682. The molecule has 0 aliphatic heterocycles. The third-order valence-electron chi connectivity index (χ3n) is 2.76. The molecule has 0 saturated carbocycles. The lowest BCUT2D eigenvalue weighted by atomic mass is 10.2. The summed E-state index contributed by atoms with van der Waals surface area (Å²) in [6.45, 7) is 1.60. The lowest BCUT2D eigenvalue weighted by Gasteiger charge is -2.07. The van der Waals surface area contributed by atoms with Crippen molar-refractivity contribution in [3.63, 3.8) is 0 Å². The standard InChI is InChI=1S/C14H12N2O5/c1-9-7-8-15-13(12(9)16(18)19)21-11-5-3-10(4-6-11)14(17)20-2/h3-8H,1-2H3. The van der Waals surface area contributed by atoms with Gasteiger partial charge in [0.2, 0.25) is 0 Å². The lowest BCUT2D eigenvalue weighted by molar-refractivity contribution is -0.386. The normalized spacial score (nSPS) is 10.0. The highest BCUT2D eigenvalue weighted by Crippen LogP contribution is 2.31. The van der Waals surface area contributed by atoms with E-state index in [9.17, 15) is 14.9 Å². The Hall–Kier alpha value is -2.96. The predicted molar refractivity (Wildman–Crippen MR) is 73.5 cm³/mol. The van der Waals surface area contributed by atoms with Crippen molar-refractivity contribution in [1.82, 2.24) is 4.98 Å². The average Bonchev–Trinajstić information content (AvgIpc) is 2.47. The Morgan fingerprint density at radius 2 is 1.90 bits per heavy atom. The summed E-state index contributed by atoms with van der Waals surface area (Å²) in [6.07, 6.45) is 1.43. The second-order valence-electron chi connectivity index (χ2n) is 4.16. The Morgan fingerprint density at radius 3 is 2.48 bits per heavy atom. The quantitative estimate of drug-likeness (QED) is 0.488. The zero-order valence-electron chi connectivity index (χ0n) is 11.4. The van der Waals surface area contributed by atoms with Gasteiger partial charge in [0.05, 0.1) is 17.6 Å². The van der Waals surface area contributed by atoms with Crippen molar-refractivity contribution < 1.29 is 19.2 Å². The smallest absolute Gasteiger partial charge is 0.337 e. The van der Waals surface area contributed by atoms with Gasteiger partial charge in [-0.15, -0.1) is 0 Å². The number of esters is 1. The second-order valence-corrected chi connectivity index (χ2v) is 4.16. The van der Waals surface area contributed by atoms with Gasteiger partial charge < -0.3 is 9.47 Å². The number of carbonyl (C=O) groups is 1. The number of benzene rings is 1. The fraction of sp³-hybridized carbons (Fsp3) is 0.143. The summed E-state index contributed by atoms with van der Waals surface area (Å²) in [5.74, 6) is -0.226. The van der Waals surface area contributed by atoms with Gasteiger partial charge in [-0.3, -0.25) is 10.1 Å². The third kappa shape index (κ3) is 3.14. The topological polar surface area (TPSA) is 91.6 Å². The van der Waals surface area contributed by atoms with Crippen LogP contribution < -0.4 is 4.74 Å². The molecule has 0 saturated heterocycles. The van der Waals surface area contributed by atoms with E-state index in [-0.39, 0.29) is 11.6 Å². The van der Waals surface area contributed by atoms with Gasteiger partial charge in [-0.05, 0) is 37.3 Å². The molecule has 7 heteroatoms. The van der Waals surface area contributed by atoms with Crippen LogP contribution in [0.2, 0.25) is 0 Å². The number of aryl methyl sites for hydroxylation is 1. The van der Waals surface area contributed by atoms with Gasteiger partial charge in [0, 0.05) is 11.8 Å². The summed E-state index contributed by atoms with van der Waals surface area (Å²) in [4.78, 5) is 25.7. The minimum atomic E-state index is -0.541. The van der Waals surface area contributed by atoms with Gasteiger partial charge >= 0.3 is 11.7 Å². The number of pyridine rings is 1. The van der Waals surface area contributed by atoms with Crippen molar-refractivity contribution in [3.05, 3.63) is 57.8 Å². The van der Waals surface area contributed by atoms with E-state index >= 15 is 0 Å². The van der Waals surface area contributed by atoms with Crippen LogP contribution in [-0.2, 0) is 4.74 Å². The van der Waals surface area contributed by atoms with E-state index in [2.05, 4.69) is 9.72 Å². The molecule has 1 aromatic heterocycles. The van der Waals surface area contributed by atoms with Crippen molar-refractivity contribution in [2.24, 2.45) is 0 Å². The molecule has 0 radical (unpaired) electrons. The van der Waals surface area contributed by atoms with Crippen LogP contribution in [0.3, 0.4) is 0 Å². The van der Waals surface area contributed by atoms with Crippen molar-refractivity contribution >= 4 is 11.7 Å². The number of nitrogens with zero attached hydrogens (tertiary/aromatic N) is 2. The number of hydrogen-bond donors (Lipinski definition) is 0. The molecule has 0 unspecified atom stereocenters. The summed E-state index contributed by atoms with van der Waals surface area (Å²) in [7, 11) is 1.28. The summed E-state index contributed by atoms with van der Waals surface area (Å²) in [5.41, 5.74) is 0.627. The van der Waals surface area contributed by atoms with E-state index in [1.54, 1.807) is 6.92 Å². The first kappa shape index (κ1) is 14.4. The molecule has 21 heavy (non-hydrogen) atoms. The van der Waals surface area contributed by atoms with Crippen LogP contribution >= 0.6 is 0 Å². The van der Waals surface area contributed by atoms with Gasteiger partial charge in [0.25, 0.3) is 5.88 Å². The maximum absolute atomic E-state index is 11.3. The third-order valence-corrected chi connectivity index (χ3v) is 2.76. The van der Waals surface area contributed by atoms with E-state index < -0.39 is 10.9 Å². The maximum Gasteiger partial charge on any atom is 0.337 e. The predicted octanol–water partition coefficient (Wildman–Crippen LogP) is 2.88. The molecule has 0 spiro atoms. The van der Waals surface area contributed by atoms with Gasteiger partial charge in [0.1, 0.15) is 5.75 Å². The van der Waals surface area contributed by atoms with Crippen LogP contribution in [0.4, 0.5) is 5.69 Å². The Labute approximate surface area is 120 Å². The SMILES string of the molecule is COC(=O)c1ccc(Oc2nccc(C)c2[N+](=O)[O-])cc1. The summed E-state index contributed by atoms with van der Waals surface area (Å²) in [6, 6.07) is 7.57. The Morgan fingerprint density at radius 1 is 1.24 bits per heavy atom. The van der Waals surface area contributed by atoms with Crippen LogP contribution in [0, 0.1) is 17.0 Å². The molecule has 0 fully saturated rings. The van der Waals surface area contributed by atoms with E-state index in [4.69, 9.17) is 4.74 Å². The maximum atomic E-state index is 11.3. The Kier molecular flexibility index (Phi) is 4.13. The minimum Gasteiger partial charge on any atom is -0.465 e. The lowest BCUT2D eigenvalue weighted by Crippen LogP contribution is -2.01. The monoisotopic (exact) mass is 288 g/mol. The molecule has 1 aromatic carbocycles. The van der Waals surface area contributed by atoms with Crippen LogP contribution in [-0.4, -0.2) is 23.0 Å². The van der Waals surface area contributed by atoms with Crippen LogP contribution in [0.1, 0.15) is 15.9 Å². The molecule has 1 heterocycles. The average molecular weight is 288 g/mol. The molecular weight excluding hydrogens is 276 g/mol. The fourth-order valence-corrected chi connectivity index (χ4v) is 1.71. The molecule has 0 bridgehead atoms. The first-order valence-electron chi connectivity index (χ1n) is 5.99. The number of hydrogen-bond acceptors (Lipinski definition) is 6.